The molecule has 5 nitrogen and oxygen atoms in total. The number of aldehydes is 1. The van der Waals surface area contributed by atoms with Crippen LogP contribution in [-0.4, -0.2) is 31.3 Å². The van der Waals surface area contributed by atoms with Crippen LogP contribution >= 0.6 is 0 Å². The van der Waals surface area contributed by atoms with Gasteiger partial charge in [-0.2, -0.15) is 0 Å². The second-order valence-corrected chi connectivity index (χ2v) is 4.58. The zero-order chi connectivity index (χ0) is 16.3. The van der Waals surface area contributed by atoms with Gasteiger partial charge in [0.2, 0.25) is 0 Å². The van der Waals surface area contributed by atoms with Crippen LogP contribution in [0.4, 0.5) is 4.39 Å². The Morgan fingerprint density at radius 1 is 1.36 bits per heavy atom. The molecule has 0 aliphatic rings. The Labute approximate surface area is 126 Å². The van der Waals surface area contributed by atoms with E-state index in [9.17, 15) is 18.8 Å². The lowest BCUT2D eigenvalue weighted by Gasteiger charge is -2.13. The Kier molecular flexibility index (Phi) is 4.55. The summed E-state index contributed by atoms with van der Waals surface area (Å²) < 4.78 is 19.0. The van der Waals surface area contributed by atoms with E-state index < -0.39 is 17.3 Å². The number of ether oxygens (including phenoxy) is 1. The zero-order valence-electron chi connectivity index (χ0n) is 12.1. The molecule has 0 saturated carbocycles. The molecule has 0 aliphatic carbocycles. The van der Waals surface area contributed by atoms with E-state index in [-0.39, 0.29) is 17.9 Å². The molecule has 1 heterocycles. The predicted molar refractivity (Wildman–Crippen MR) is 81.5 cm³/mol. The van der Waals surface area contributed by atoms with Gasteiger partial charge in [-0.05, 0) is 37.3 Å². The van der Waals surface area contributed by atoms with Gasteiger partial charge in [-0.25, -0.2) is 9.18 Å². The maximum Gasteiger partial charge on any atom is 0.343 e. The fourth-order valence-corrected chi connectivity index (χ4v) is 2.11. The summed E-state index contributed by atoms with van der Waals surface area (Å²) in [6, 6.07) is 6.38. The highest BCUT2D eigenvalue weighted by Gasteiger charge is 2.19. The lowest BCUT2D eigenvalue weighted by atomic mass is 9.92. The van der Waals surface area contributed by atoms with Gasteiger partial charge in [0.15, 0.2) is 6.29 Å². The molecular formula is C15H13BFNO4. The van der Waals surface area contributed by atoms with Crippen molar-refractivity contribution in [2.45, 2.75) is 6.92 Å². The van der Waals surface area contributed by atoms with Crippen molar-refractivity contribution in [3.63, 3.8) is 0 Å². The van der Waals surface area contributed by atoms with Crippen molar-refractivity contribution in [3.05, 3.63) is 57.8 Å². The molecule has 0 N–H and O–H groups in total. The third kappa shape index (κ3) is 2.83. The van der Waals surface area contributed by atoms with Crippen LogP contribution in [0.3, 0.4) is 0 Å². The molecule has 0 bridgehead atoms. The van der Waals surface area contributed by atoms with E-state index in [1.807, 2.05) is 0 Å². The van der Waals surface area contributed by atoms with E-state index in [2.05, 4.69) is 0 Å². The van der Waals surface area contributed by atoms with Crippen LogP contribution in [0.15, 0.2) is 35.1 Å². The SMILES string of the molecule is Bc1cc(C(=O)OCC)c(=O)n(-c2ccc(F)cc2)c1C=O. The fraction of sp³-hybridized carbons (Fsp3) is 0.133. The van der Waals surface area contributed by atoms with Crippen LogP contribution in [0, 0.1) is 5.82 Å². The van der Waals surface area contributed by atoms with Gasteiger partial charge in [0.05, 0.1) is 12.3 Å². The third-order valence-corrected chi connectivity index (χ3v) is 3.13. The summed E-state index contributed by atoms with van der Waals surface area (Å²) in [5.41, 5.74) is -0.0126. The minimum Gasteiger partial charge on any atom is -0.462 e. The Morgan fingerprint density at radius 3 is 2.55 bits per heavy atom. The molecule has 1 aromatic carbocycles. The predicted octanol–water partition coefficient (Wildman–Crippen LogP) is 0.224. The maximum atomic E-state index is 13.0. The summed E-state index contributed by atoms with van der Waals surface area (Å²) in [6.45, 7) is 1.76. The highest BCUT2D eigenvalue weighted by molar-refractivity contribution is 6.35. The number of hydrogen-bond acceptors (Lipinski definition) is 4. The molecule has 0 fully saturated rings. The molecule has 0 spiro atoms. The number of esters is 1. The summed E-state index contributed by atoms with van der Waals surface area (Å²) >= 11 is 0. The van der Waals surface area contributed by atoms with Crippen LogP contribution in [0.1, 0.15) is 27.8 Å². The molecule has 0 saturated heterocycles. The van der Waals surface area contributed by atoms with E-state index in [4.69, 9.17) is 4.74 Å². The second-order valence-electron chi connectivity index (χ2n) is 4.58. The molecule has 2 aromatic rings. The number of aromatic nitrogens is 1. The molecule has 7 heteroatoms. The first-order chi connectivity index (χ1) is 10.5. The van der Waals surface area contributed by atoms with E-state index in [1.54, 1.807) is 14.8 Å². The Morgan fingerprint density at radius 2 is 2.00 bits per heavy atom. The number of benzene rings is 1. The minimum absolute atomic E-state index is 0.102. The van der Waals surface area contributed by atoms with Gasteiger partial charge in [0.1, 0.15) is 19.2 Å². The molecule has 0 atom stereocenters. The largest absolute Gasteiger partial charge is 0.462 e. The first kappa shape index (κ1) is 15.7. The monoisotopic (exact) mass is 301 g/mol. The van der Waals surface area contributed by atoms with Gasteiger partial charge in [-0.3, -0.25) is 14.2 Å². The van der Waals surface area contributed by atoms with Crippen molar-refractivity contribution < 1.29 is 18.7 Å². The van der Waals surface area contributed by atoms with Gasteiger partial charge in [0.25, 0.3) is 5.56 Å². The van der Waals surface area contributed by atoms with Crippen molar-refractivity contribution in [1.82, 2.24) is 4.57 Å². The zero-order valence-corrected chi connectivity index (χ0v) is 12.1. The van der Waals surface area contributed by atoms with Crippen LogP contribution in [-0.2, 0) is 4.74 Å². The highest BCUT2D eigenvalue weighted by atomic mass is 19.1. The normalized spacial score (nSPS) is 10.3. The van der Waals surface area contributed by atoms with Gasteiger partial charge in [-0.15, -0.1) is 0 Å². The van der Waals surface area contributed by atoms with Crippen molar-refractivity contribution in [2.24, 2.45) is 0 Å². The van der Waals surface area contributed by atoms with Crippen LogP contribution in [0.2, 0.25) is 0 Å². The molecule has 0 unspecified atom stereocenters. The molecular weight excluding hydrogens is 288 g/mol. The topological polar surface area (TPSA) is 65.4 Å². The van der Waals surface area contributed by atoms with Crippen LogP contribution < -0.4 is 11.0 Å². The smallest absolute Gasteiger partial charge is 0.343 e. The number of halogens is 1. The Hall–Kier alpha value is -2.70. The van der Waals surface area contributed by atoms with Crippen molar-refractivity contribution in [3.8, 4) is 5.69 Å². The lowest BCUT2D eigenvalue weighted by Crippen LogP contribution is -2.34. The number of rotatable bonds is 4. The fourth-order valence-electron chi connectivity index (χ4n) is 2.11. The average Bonchev–Trinajstić information content (AvgIpc) is 2.50. The Balaban J connectivity index is 2.75. The quantitative estimate of drug-likeness (QED) is 0.460. The molecule has 1 aromatic heterocycles. The number of carbonyl (C=O) groups is 2. The average molecular weight is 301 g/mol. The summed E-state index contributed by atoms with van der Waals surface area (Å²) in [5, 5.41) is 0. The third-order valence-electron chi connectivity index (χ3n) is 3.13. The van der Waals surface area contributed by atoms with Crippen molar-refractivity contribution >= 4 is 25.6 Å². The summed E-state index contributed by atoms with van der Waals surface area (Å²) in [4.78, 5) is 35.7. The molecule has 0 aliphatic heterocycles. The number of hydrogen-bond donors (Lipinski definition) is 0. The first-order valence-electron chi connectivity index (χ1n) is 6.64. The van der Waals surface area contributed by atoms with E-state index >= 15 is 0 Å². The number of nitrogens with zero attached hydrogens (tertiary/aromatic N) is 1. The minimum atomic E-state index is -0.760. The van der Waals surface area contributed by atoms with Crippen molar-refractivity contribution in [2.75, 3.05) is 6.61 Å². The van der Waals surface area contributed by atoms with Gasteiger partial charge >= 0.3 is 5.97 Å². The van der Waals surface area contributed by atoms with Crippen LogP contribution in [0.5, 0.6) is 0 Å². The summed E-state index contributed by atoms with van der Waals surface area (Å²) in [7, 11) is 1.60. The molecule has 0 amide bonds. The summed E-state index contributed by atoms with van der Waals surface area (Å²) in [6.07, 6.45) is 0.523. The number of carbonyl (C=O) groups excluding carboxylic acids is 2. The standard InChI is InChI=1S/C15H13BFNO4/c1-2-22-15(21)11-7-12(16)13(8-19)18(14(11)20)10-5-3-9(17)4-6-10/h3-8H,2,16H2,1H3. The molecule has 0 radical (unpaired) electrons. The van der Waals surface area contributed by atoms with Gasteiger partial charge in [0, 0.05) is 5.69 Å². The van der Waals surface area contributed by atoms with Gasteiger partial charge in [-0.1, -0.05) is 5.46 Å². The second kappa shape index (κ2) is 6.38. The van der Waals surface area contributed by atoms with Crippen LogP contribution in [0.25, 0.3) is 5.69 Å². The summed E-state index contributed by atoms with van der Waals surface area (Å²) in [5.74, 6) is -1.23. The lowest BCUT2D eigenvalue weighted by molar-refractivity contribution is 0.0523. The van der Waals surface area contributed by atoms with Gasteiger partial charge < -0.3 is 4.74 Å². The van der Waals surface area contributed by atoms with Crippen molar-refractivity contribution in [1.29, 1.82) is 0 Å². The Bertz CT molecular complexity index is 783. The van der Waals surface area contributed by atoms with E-state index in [0.717, 1.165) is 4.57 Å². The molecule has 112 valence electrons. The maximum absolute atomic E-state index is 13.0. The van der Waals surface area contributed by atoms with E-state index in [1.165, 1.54) is 30.3 Å². The number of pyridine rings is 1. The van der Waals surface area contributed by atoms with E-state index in [0.29, 0.717) is 17.4 Å². The first-order valence-corrected chi connectivity index (χ1v) is 6.64. The highest BCUT2D eigenvalue weighted by Crippen LogP contribution is 2.09. The molecule has 2 rings (SSSR count). The molecule has 22 heavy (non-hydrogen) atoms.